The smallest absolute Gasteiger partial charge is 0.435 e. The van der Waals surface area contributed by atoms with Gasteiger partial charge < -0.3 is 10.1 Å². The maximum atomic E-state index is 12.9. The highest BCUT2D eigenvalue weighted by atomic mass is 19.4. The second-order valence-corrected chi connectivity index (χ2v) is 6.28. The minimum absolute atomic E-state index is 0.0133. The number of alkyl halides is 3. The second-order valence-electron chi connectivity index (χ2n) is 6.28. The van der Waals surface area contributed by atoms with Crippen molar-refractivity contribution in [3.8, 4) is 5.88 Å². The van der Waals surface area contributed by atoms with Gasteiger partial charge in [0.05, 0.1) is 0 Å². The number of piperidine rings is 1. The van der Waals surface area contributed by atoms with Crippen LogP contribution in [0.15, 0.2) is 6.07 Å². The number of hydrogen-bond acceptors (Lipinski definition) is 3. The zero-order valence-electron chi connectivity index (χ0n) is 12.7. The molecule has 2 fully saturated rings. The molecule has 0 unspecified atom stereocenters. The number of fused-ring (bicyclic) bond motifs is 2. The topological polar surface area (TPSA) is 39.1 Å². The average Bonchev–Trinajstić information content (AvgIpc) is 2.95. The molecule has 1 aromatic rings. The first-order valence-electron chi connectivity index (χ1n) is 8.01. The van der Waals surface area contributed by atoms with Crippen LogP contribution in [0.2, 0.25) is 0 Å². The summed E-state index contributed by atoms with van der Waals surface area (Å²) in [4.78, 5) is 0. The van der Waals surface area contributed by atoms with E-state index in [0.29, 0.717) is 18.4 Å². The Morgan fingerprint density at radius 3 is 2.59 bits per heavy atom. The van der Waals surface area contributed by atoms with Gasteiger partial charge in [0.2, 0.25) is 5.88 Å². The van der Waals surface area contributed by atoms with Crippen molar-refractivity contribution in [1.82, 2.24) is 15.1 Å². The number of unbranched alkanes of at least 4 members (excludes halogenated alkanes) is 1. The lowest BCUT2D eigenvalue weighted by molar-refractivity contribution is -0.141. The van der Waals surface area contributed by atoms with Crippen LogP contribution in [-0.2, 0) is 12.7 Å². The van der Waals surface area contributed by atoms with Gasteiger partial charge in [-0.3, -0.25) is 0 Å². The van der Waals surface area contributed by atoms with Crippen LogP contribution in [0.25, 0.3) is 0 Å². The summed E-state index contributed by atoms with van der Waals surface area (Å²) in [5.41, 5.74) is -0.861. The van der Waals surface area contributed by atoms with Crippen molar-refractivity contribution in [1.29, 1.82) is 0 Å². The minimum Gasteiger partial charge on any atom is -0.474 e. The fraction of sp³-hybridized carbons (Fsp3) is 0.800. The SMILES string of the molecule is CCCCn1nc(C(F)(F)F)cc1O[C@@H]1[C@@H]2CC[C@H]1CNC2. The molecule has 1 saturated carbocycles. The van der Waals surface area contributed by atoms with Gasteiger partial charge in [-0.05, 0) is 19.3 Å². The maximum Gasteiger partial charge on any atom is 0.435 e. The highest BCUT2D eigenvalue weighted by Gasteiger charge is 2.42. The largest absolute Gasteiger partial charge is 0.474 e. The van der Waals surface area contributed by atoms with E-state index in [9.17, 15) is 13.2 Å². The van der Waals surface area contributed by atoms with Gasteiger partial charge in [0, 0.05) is 37.5 Å². The van der Waals surface area contributed by atoms with Crippen LogP contribution in [0.3, 0.4) is 0 Å². The number of hydrogen-bond donors (Lipinski definition) is 1. The highest BCUT2D eigenvalue weighted by molar-refractivity contribution is 5.19. The van der Waals surface area contributed by atoms with Crippen LogP contribution in [0.4, 0.5) is 13.2 Å². The normalized spacial score (nSPS) is 28.1. The molecule has 0 radical (unpaired) electrons. The monoisotopic (exact) mass is 317 g/mol. The fourth-order valence-electron chi connectivity index (χ4n) is 3.47. The molecule has 1 aromatic heterocycles. The first kappa shape index (κ1) is 15.6. The van der Waals surface area contributed by atoms with Gasteiger partial charge in [-0.15, -0.1) is 0 Å². The van der Waals surface area contributed by atoms with Crippen LogP contribution in [0, 0.1) is 11.8 Å². The second kappa shape index (κ2) is 6.10. The number of rotatable bonds is 5. The van der Waals surface area contributed by atoms with E-state index in [0.717, 1.165) is 44.8 Å². The molecular formula is C15H22F3N3O. The van der Waals surface area contributed by atoms with Crippen molar-refractivity contribution >= 4 is 0 Å². The fourth-order valence-corrected chi connectivity index (χ4v) is 3.47. The molecule has 2 heterocycles. The number of halogens is 3. The number of nitrogens with one attached hydrogen (secondary N) is 1. The Hall–Kier alpha value is -1.24. The summed E-state index contributed by atoms with van der Waals surface area (Å²) >= 11 is 0. The third-order valence-electron chi connectivity index (χ3n) is 4.66. The lowest BCUT2D eigenvalue weighted by Crippen LogP contribution is -2.44. The van der Waals surface area contributed by atoms with Crippen LogP contribution in [0.1, 0.15) is 38.3 Å². The van der Waals surface area contributed by atoms with Crippen molar-refractivity contribution in [2.45, 2.75) is 51.4 Å². The molecule has 0 amide bonds. The molecule has 1 aliphatic heterocycles. The molecule has 1 aliphatic carbocycles. The Balaban J connectivity index is 1.80. The molecule has 22 heavy (non-hydrogen) atoms. The van der Waals surface area contributed by atoms with Gasteiger partial charge in [0.1, 0.15) is 6.10 Å². The van der Waals surface area contributed by atoms with E-state index in [-0.39, 0.29) is 12.0 Å². The highest BCUT2D eigenvalue weighted by Crippen LogP contribution is 2.38. The third kappa shape index (κ3) is 3.09. The molecule has 4 nitrogen and oxygen atoms in total. The van der Waals surface area contributed by atoms with Crippen molar-refractivity contribution in [2.75, 3.05) is 13.1 Å². The third-order valence-corrected chi connectivity index (χ3v) is 4.66. The van der Waals surface area contributed by atoms with E-state index in [1.807, 2.05) is 6.92 Å². The standard InChI is InChI=1S/C15H22F3N3O/c1-2-3-6-21-13(7-12(20-21)15(16,17)18)22-14-10-4-5-11(14)9-19-8-10/h7,10-11,14,19H,2-6,8-9H2,1H3/t10-,11+,14-. The van der Waals surface area contributed by atoms with Crippen molar-refractivity contribution in [3.05, 3.63) is 11.8 Å². The number of nitrogens with zero attached hydrogens (tertiary/aromatic N) is 2. The number of aromatic nitrogens is 2. The molecule has 124 valence electrons. The summed E-state index contributed by atoms with van der Waals surface area (Å²) in [7, 11) is 0. The van der Waals surface area contributed by atoms with E-state index in [4.69, 9.17) is 4.74 Å². The van der Waals surface area contributed by atoms with Gasteiger partial charge in [0.15, 0.2) is 5.69 Å². The molecule has 3 rings (SSSR count). The molecule has 2 aliphatic rings. The van der Waals surface area contributed by atoms with Crippen molar-refractivity contribution in [3.63, 3.8) is 0 Å². The molecular weight excluding hydrogens is 295 g/mol. The van der Waals surface area contributed by atoms with E-state index in [1.54, 1.807) is 0 Å². The summed E-state index contributed by atoms with van der Waals surface area (Å²) in [6, 6.07) is 1.05. The van der Waals surface area contributed by atoms with Crippen molar-refractivity contribution < 1.29 is 17.9 Å². The Morgan fingerprint density at radius 1 is 1.32 bits per heavy atom. The molecule has 0 aromatic carbocycles. The van der Waals surface area contributed by atoms with Crippen LogP contribution < -0.4 is 10.1 Å². The van der Waals surface area contributed by atoms with E-state index in [1.165, 1.54) is 4.68 Å². The minimum atomic E-state index is -4.43. The average molecular weight is 317 g/mol. The Morgan fingerprint density at radius 2 is 2.00 bits per heavy atom. The van der Waals surface area contributed by atoms with E-state index >= 15 is 0 Å². The predicted molar refractivity (Wildman–Crippen MR) is 75.6 cm³/mol. The molecule has 0 spiro atoms. The van der Waals surface area contributed by atoms with Gasteiger partial charge in [0.25, 0.3) is 0 Å². The Kier molecular flexibility index (Phi) is 4.34. The lowest BCUT2D eigenvalue weighted by Gasteiger charge is -2.31. The number of ether oxygens (including phenoxy) is 1. The van der Waals surface area contributed by atoms with Gasteiger partial charge >= 0.3 is 6.18 Å². The Labute approximate surface area is 128 Å². The van der Waals surface area contributed by atoms with Crippen LogP contribution >= 0.6 is 0 Å². The zero-order valence-corrected chi connectivity index (χ0v) is 12.7. The number of aryl methyl sites for hydroxylation is 1. The Bertz CT molecular complexity index is 499. The molecule has 2 bridgehead atoms. The summed E-state index contributed by atoms with van der Waals surface area (Å²) in [5.74, 6) is 1.05. The summed E-state index contributed by atoms with van der Waals surface area (Å²) in [6.45, 7) is 4.23. The maximum absolute atomic E-state index is 12.9. The summed E-state index contributed by atoms with van der Waals surface area (Å²) in [5, 5.41) is 7.06. The first-order chi connectivity index (χ1) is 10.5. The van der Waals surface area contributed by atoms with Crippen LogP contribution in [-0.4, -0.2) is 29.0 Å². The lowest BCUT2D eigenvalue weighted by atomic mass is 9.96. The summed E-state index contributed by atoms with van der Waals surface area (Å²) in [6.07, 6.45) is -0.565. The van der Waals surface area contributed by atoms with Gasteiger partial charge in [-0.1, -0.05) is 13.3 Å². The van der Waals surface area contributed by atoms with Gasteiger partial charge in [-0.25, -0.2) is 4.68 Å². The van der Waals surface area contributed by atoms with E-state index < -0.39 is 11.9 Å². The first-order valence-corrected chi connectivity index (χ1v) is 8.01. The quantitative estimate of drug-likeness (QED) is 0.907. The molecule has 3 atom stereocenters. The van der Waals surface area contributed by atoms with Crippen LogP contribution in [0.5, 0.6) is 5.88 Å². The zero-order chi connectivity index (χ0) is 15.7. The molecule has 1 saturated heterocycles. The van der Waals surface area contributed by atoms with Gasteiger partial charge in [-0.2, -0.15) is 18.3 Å². The molecule has 7 heteroatoms. The predicted octanol–water partition coefficient (Wildman–Crippen LogP) is 3.08. The van der Waals surface area contributed by atoms with Crippen molar-refractivity contribution in [2.24, 2.45) is 11.8 Å². The summed E-state index contributed by atoms with van der Waals surface area (Å²) < 4.78 is 46.1. The van der Waals surface area contributed by atoms with E-state index in [2.05, 4.69) is 10.4 Å². The molecule has 1 N–H and O–H groups in total.